The van der Waals surface area contributed by atoms with Crippen molar-refractivity contribution in [2.75, 3.05) is 11.4 Å². The molecule has 0 radical (unpaired) electrons. The molecule has 1 unspecified atom stereocenters. The van der Waals surface area contributed by atoms with Crippen LogP contribution in [0.15, 0.2) is 41.1 Å². The van der Waals surface area contributed by atoms with E-state index in [1.807, 2.05) is 25.1 Å². The van der Waals surface area contributed by atoms with Crippen LogP contribution in [0.25, 0.3) is 10.6 Å². The Bertz CT molecular complexity index is 1030. The molecule has 0 fully saturated rings. The molecule has 1 atom stereocenters. The van der Waals surface area contributed by atoms with Crippen molar-refractivity contribution in [3.8, 4) is 16.5 Å². The number of halogens is 1. The quantitative estimate of drug-likeness (QED) is 0.431. The number of anilines is 1. The van der Waals surface area contributed by atoms with Crippen LogP contribution in [0.2, 0.25) is 4.34 Å². The zero-order valence-corrected chi connectivity index (χ0v) is 16.6. The van der Waals surface area contributed by atoms with E-state index in [0.717, 1.165) is 34.5 Å². The summed E-state index contributed by atoms with van der Waals surface area (Å²) in [5, 5.41) is 0. The fourth-order valence-corrected chi connectivity index (χ4v) is 4.41. The highest BCUT2D eigenvalue weighted by Gasteiger charge is 2.27. The molecule has 1 aliphatic rings. The van der Waals surface area contributed by atoms with Gasteiger partial charge in [0.2, 0.25) is 12.2 Å². The SMILES string of the molecule is CCC(C(=O)Oc1ncoc1-c1ccc(Cl)s1)c1ccc2c(c1)CCN2C=O. The number of rotatable bonds is 6. The first-order valence-electron chi connectivity index (χ1n) is 8.86. The van der Waals surface area contributed by atoms with Gasteiger partial charge in [-0.1, -0.05) is 30.7 Å². The van der Waals surface area contributed by atoms with Crippen molar-refractivity contribution in [2.45, 2.75) is 25.7 Å². The van der Waals surface area contributed by atoms with E-state index in [4.69, 9.17) is 20.8 Å². The Hall–Kier alpha value is -2.64. The van der Waals surface area contributed by atoms with E-state index in [2.05, 4.69) is 4.98 Å². The molecule has 1 aromatic carbocycles. The number of benzene rings is 1. The second kappa shape index (κ2) is 7.77. The molecule has 8 heteroatoms. The standard InChI is InChI=1S/C20H17ClN2O4S/c1-2-14(12-3-4-15-13(9-12)7-8-23(15)11-24)20(25)27-19-18(26-10-22-19)16-5-6-17(21)28-16/h3-6,9-11,14H,2,7-8H2,1H3. The highest BCUT2D eigenvalue weighted by Crippen LogP contribution is 2.37. The number of hydrogen-bond donors (Lipinski definition) is 0. The summed E-state index contributed by atoms with van der Waals surface area (Å²) in [5.74, 6) is -0.316. The van der Waals surface area contributed by atoms with E-state index in [-0.39, 0.29) is 5.88 Å². The third-order valence-electron chi connectivity index (χ3n) is 4.79. The van der Waals surface area contributed by atoms with Crippen molar-refractivity contribution < 1.29 is 18.7 Å². The molecule has 4 rings (SSSR count). The lowest BCUT2D eigenvalue weighted by Crippen LogP contribution is -2.19. The summed E-state index contributed by atoms with van der Waals surface area (Å²) in [7, 11) is 0. The molecule has 3 aromatic rings. The van der Waals surface area contributed by atoms with Crippen molar-refractivity contribution in [2.24, 2.45) is 0 Å². The van der Waals surface area contributed by atoms with Crippen LogP contribution >= 0.6 is 22.9 Å². The Balaban J connectivity index is 1.56. The molecule has 2 aromatic heterocycles. The van der Waals surface area contributed by atoms with Crippen LogP contribution < -0.4 is 9.64 Å². The van der Waals surface area contributed by atoms with Crippen LogP contribution in [0, 0.1) is 0 Å². The van der Waals surface area contributed by atoms with Gasteiger partial charge in [0.1, 0.15) is 0 Å². The third-order valence-corrected chi connectivity index (χ3v) is 6.02. The molecule has 0 bridgehead atoms. The maximum absolute atomic E-state index is 12.9. The number of amides is 1. The smallest absolute Gasteiger partial charge is 0.320 e. The number of nitrogens with zero attached hydrogens (tertiary/aromatic N) is 2. The number of carbonyl (C=O) groups excluding carboxylic acids is 2. The molecule has 0 N–H and O–H groups in total. The van der Waals surface area contributed by atoms with Crippen LogP contribution in [0.4, 0.5) is 5.69 Å². The summed E-state index contributed by atoms with van der Waals surface area (Å²) in [6, 6.07) is 9.28. The Morgan fingerprint density at radius 2 is 2.29 bits per heavy atom. The highest BCUT2D eigenvalue weighted by molar-refractivity contribution is 7.19. The average molecular weight is 417 g/mol. The summed E-state index contributed by atoms with van der Waals surface area (Å²) in [6.45, 7) is 2.59. The second-order valence-corrected chi connectivity index (χ2v) is 8.12. The van der Waals surface area contributed by atoms with Gasteiger partial charge in [0, 0.05) is 12.2 Å². The van der Waals surface area contributed by atoms with Crippen LogP contribution in [-0.4, -0.2) is 23.9 Å². The molecule has 0 aliphatic carbocycles. The molecule has 144 valence electrons. The van der Waals surface area contributed by atoms with Crippen molar-refractivity contribution in [3.05, 3.63) is 52.2 Å². The van der Waals surface area contributed by atoms with Gasteiger partial charge in [-0.15, -0.1) is 11.3 Å². The fraction of sp³-hybridized carbons (Fsp3) is 0.250. The van der Waals surface area contributed by atoms with Gasteiger partial charge in [0.15, 0.2) is 6.39 Å². The van der Waals surface area contributed by atoms with E-state index in [1.54, 1.807) is 17.0 Å². The van der Waals surface area contributed by atoms with Gasteiger partial charge in [-0.3, -0.25) is 9.59 Å². The van der Waals surface area contributed by atoms with E-state index in [0.29, 0.717) is 23.1 Å². The Labute approximate surface area is 170 Å². The first-order chi connectivity index (χ1) is 13.6. The van der Waals surface area contributed by atoms with Crippen LogP contribution in [0.3, 0.4) is 0 Å². The van der Waals surface area contributed by atoms with Crippen molar-refractivity contribution in [3.63, 3.8) is 0 Å². The maximum atomic E-state index is 12.9. The number of fused-ring (bicyclic) bond motifs is 1. The van der Waals surface area contributed by atoms with Crippen molar-refractivity contribution in [1.82, 2.24) is 4.98 Å². The Morgan fingerprint density at radius 1 is 1.43 bits per heavy atom. The van der Waals surface area contributed by atoms with E-state index in [1.165, 1.54) is 17.7 Å². The molecule has 0 saturated heterocycles. The molecule has 0 spiro atoms. The first kappa shape index (κ1) is 18.7. The molecule has 1 amide bonds. The van der Waals surface area contributed by atoms with Gasteiger partial charge in [-0.25, -0.2) is 0 Å². The Kier molecular flexibility index (Phi) is 5.19. The lowest BCUT2D eigenvalue weighted by Gasteiger charge is -2.16. The lowest BCUT2D eigenvalue weighted by atomic mass is 9.94. The van der Waals surface area contributed by atoms with Crippen LogP contribution in [-0.2, 0) is 16.0 Å². The molecular formula is C20H17ClN2O4S. The molecule has 1 aliphatic heterocycles. The minimum absolute atomic E-state index is 0.134. The fourth-order valence-electron chi connectivity index (χ4n) is 3.39. The summed E-state index contributed by atoms with van der Waals surface area (Å²) in [6.07, 6.45) is 3.43. The van der Waals surface area contributed by atoms with Gasteiger partial charge in [-0.05, 0) is 42.2 Å². The molecule has 28 heavy (non-hydrogen) atoms. The topological polar surface area (TPSA) is 72.6 Å². The third kappa shape index (κ3) is 3.43. The molecule has 0 saturated carbocycles. The number of ether oxygens (including phenoxy) is 1. The lowest BCUT2D eigenvalue weighted by molar-refractivity contribution is -0.136. The van der Waals surface area contributed by atoms with E-state index >= 15 is 0 Å². The van der Waals surface area contributed by atoms with Crippen LogP contribution in [0.5, 0.6) is 5.88 Å². The average Bonchev–Trinajstić information content (AvgIpc) is 3.41. The number of hydrogen-bond acceptors (Lipinski definition) is 6. The summed E-state index contributed by atoms with van der Waals surface area (Å²) >= 11 is 7.30. The first-order valence-corrected chi connectivity index (χ1v) is 10.1. The zero-order valence-electron chi connectivity index (χ0n) is 15.1. The van der Waals surface area contributed by atoms with Crippen molar-refractivity contribution >= 4 is 41.0 Å². The minimum atomic E-state index is -0.438. The van der Waals surface area contributed by atoms with E-state index < -0.39 is 11.9 Å². The predicted molar refractivity (Wildman–Crippen MR) is 107 cm³/mol. The number of aromatic nitrogens is 1. The number of esters is 1. The zero-order chi connectivity index (χ0) is 19.7. The summed E-state index contributed by atoms with van der Waals surface area (Å²) < 4.78 is 11.6. The van der Waals surface area contributed by atoms with Gasteiger partial charge < -0.3 is 14.1 Å². The van der Waals surface area contributed by atoms with E-state index in [9.17, 15) is 9.59 Å². The monoisotopic (exact) mass is 416 g/mol. The predicted octanol–water partition coefficient (Wildman–Crippen LogP) is 4.67. The highest BCUT2D eigenvalue weighted by atomic mass is 35.5. The van der Waals surface area contributed by atoms with Gasteiger partial charge >= 0.3 is 5.97 Å². The van der Waals surface area contributed by atoms with Gasteiger partial charge in [0.05, 0.1) is 15.1 Å². The second-order valence-electron chi connectivity index (χ2n) is 6.41. The van der Waals surface area contributed by atoms with Crippen LogP contribution in [0.1, 0.15) is 30.4 Å². The number of thiophene rings is 1. The maximum Gasteiger partial charge on any atom is 0.320 e. The van der Waals surface area contributed by atoms with Gasteiger partial charge in [-0.2, -0.15) is 4.98 Å². The number of carbonyl (C=O) groups is 2. The largest absolute Gasteiger partial charge is 0.438 e. The van der Waals surface area contributed by atoms with Crippen molar-refractivity contribution in [1.29, 1.82) is 0 Å². The normalized spacial score (nSPS) is 14.0. The summed E-state index contributed by atoms with van der Waals surface area (Å²) in [4.78, 5) is 30.4. The Morgan fingerprint density at radius 3 is 3.00 bits per heavy atom. The molecule has 3 heterocycles. The minimum Gasteiger partial charge on any atom is -0.438 e. The number of oxazole rings is 1. The molecule has 6 nitrogen and oxygen atoms in total. The van der Waals surface area contributed by atoms with Gasteiger partial charge in [0.25, 0.3) is 5.88 Å². The molecular weight excluding hydrogens is 400 g/mol. The summed E-state index contributed by atoms with van der Waals surface area (Å²) in [5.41, 5.74) is 2.82.